The van der Waals surface area contributed by atoms with Crippen LogP contribution in [-0.2, 0) is 52.1 Å². The summed E-state index contributed by atoms with van der Waals surface area (Å²) in [6, 6.07) is 122. The van der Waals surface area contributed by atoms with Crippen LogP contribution in [0.5, 0.6) is 0 Å². The van der Waals surface area contributed by atoms with Gasteiger partial charge in [-0.15, -0.1) is 0 Å². The average Bonchev–Trinajstić information content (AvgIpc) is 0.956. The third kappa shape index (κ3) is 45.4. The van der Waals surface area contributed by atoms with Crippen LogP contribution in [0.1, 0.15) is 180 Å². The first kappa shape index (κ1) is 119. The molecule has 0 N–H and O–H groups in total. The normalized spacial score (nSPS) is 9.57. The molecule has 7 heterocycles. The van der Waals surface area contributed by atoms with Gasteiger partial charge in [-0.2, -0.15) is 52.5 Å². The number of hydrogen-bond donors (Lipinski definition) is 0. The first-order valence-corrected chi connectivity index (χ1v) is 47.1. The van der Waals surface area contributed by atoms with Gasteiger partial charge in [0.1, 0.15) is 6.33 Å². The topological polar surface area (TPSA) is 128 Å². The Morgan fingerprint density at radius 3 is 1.15 bits per heavy atom. The van der Waals surface area contributed by atoms with Crippen molar-refractivity contribution < 1.29 is 32.7 Å². The molecule has 0 bridgehead atoms. The smallest absolute Gasteiger partial charge is 0.116 e. The fourth-order valence-corrected chi connectivity index (χ4v) is 11.7. The summed E-state index contributed by atoms with van der Waals surface area (Å²) in [7, 11) is 0. The Morgan fingerprint density at radius 1 is 0.303 bits per heavy atom. The minimum absolute atomic E-state index is 0. The number of aromatic nitrogens is 8. The van der Waals surface area contributed by atoms with Gasteiger partial charge >= 0.3 is 0 Å². The molecule has 0 saturated heterocycles. The predicted molar refractivity (Wildman–Crippen MR) is 580 cm³/mol. The summed E-state index contributed by atoms with van der Waals surface area (Å²) >= 11 is 0. The average molecular weight is 1830 g/mol. The van der Waals surface area contributed by atoms with Gasteiger partial charge in [0.25, 0.3) is 0 Å². The van der Waals surface area contributed by atoms with Crippen molar-refractivity contribution in [3.05, 3.63) is 459 Å². The molecule has 0 fully saturated rings. The zero-order chi connectivity index (χ0) is 96.4. The van der Waals surface area contributed by atoms with Gasteiger partial charge in [0.15, 0.2) is 0 Å². The molecule has 685 valence electrons. The van der Waals surface area contributed by atoms with Crippen LogP contribution in [0, 0.1) is 13.0 Å². The molecule has 14 aromatic carbocycles. The summed E-state index contributed by atoms with van der Waals surface area (Å²) in [5, 5.41) is 23.8. The minimum atomic E-state index is 0. The van der Waals surface area contributed by atoms with Crippen LogP contribution in [-0.4, -0.2) is 52.9 Å². The summed E-state index contributed by atoms with van der Waals surface area (Å²) in [5.41, 5.74) is 11.5. The molecule has 0 unspecified atom stereocenters. The Labute approximate surface area is 818 Å². The van der Waals surface area contributed by atoms with E-state index in [1.54, 1.807) is 24.9 Å². The Balaban J connectivity index is 0.00000140. The minimum Gasteiger partial charge on any atom is -0.341 e. The van der Waals surface area contributed by atoms with E-state index in [1.165, 1.54) is 81.5 Å². The Morgan fingerprint density at radius 2 is 0.689 bits per heavy atom. The van der Waals surface area contributed by atoms with Gasteiger partial charge in [-0.1, -0.05) is 431 Å². The van der Waals surface area contributed by atoms with E-state index in [0.29, 0.717) is 0 Å². The molecule has 0 atom stereocenters. The van der Waals surface area contributed by atoms with Crippen LogP contribution in [0.25, 0.3) is 99.0 Å². The van der Waals surface area contributed by atoms with E-state index in [1.807, 2.05) is 359 Å². The molecule has 19 aromatic rings. The zero-order valence-corrected chi connectivity index (χ0v) is 85.8. The quantitative estimate of drug-likeness (QED) is 0.117. The molecule has 5 aromatic heterocycles. The van der Waals surface area contributed by atoms with E-state index >= 15 is 0 Å². The van der Waals surface area contributed by atoms with Crippen molar-refractivity contribution in [1.82, 2.24) is 40.1 Å². The molecular weight excluding hydrogens is 1680 g/mol. The molecule has 1 radical (unpaired) electrons. The first-order chi connectivity index (χ1) is 65.1. The number of benzene rings is 14. The fourth-order valence-electron chi connectivity index (χ4n) is 11.7. The van der Waals surface area contributed by atoms with E-state index in [0.717, 1.165) is 69.6 Å². The molecule has 3 aliphatic rings. The van der Waals surface area contributed by atoms with Crippen LogP contribution in [0.3, 0.4) is 0 Å². The van der Waals surface area contributed by atoms with Gasteiger partial charge in [0.2, 0.25) is 0 Å². The number of allylic oxidation sites excluding steroid dienone is 1. The number of hydrogen-bond acceptors (Lipinski definition) is 10. The third-order valence-corrected chi connectivity index (χ3v) is 17.3. The molecule has 10 nitrogen and oxygen atoms in total. The van der Waals surface area contributed by atoms with Gasteiger partial charge in [-0.3, -0.25) is 29.9 Å². The predicted octanol–water partition coefficient (Wildman–Crippen LogP) is 33.3. The van der Waals surface area contributed by atoms with E-state index in [-0.39, 0.29) is 32.7 Å². The molecule has 2 aliphatic heterocycles. The van der Waals surface area contributed by atoms with Crippen molar-refractivity contribution in [3.8, 4) is 0 Å². The van der Waals surface area contributed by atoms with Gasteiger partial charge in [0.05, 0.1) is 52.2 Å². The molecule has 0 amide bonds. The van der Waals surface area contributed by atoms with Crippen molar-refractivity contribution >= 4 is 105 Å². The van der Waals surface area contributed by atoms with Crippen LogP contribution in [0.4, 0.5) is 0 Å². The summed E-state index contributed by atoms with van der Waals surface area (Å²) < 4.78 is 0. The maximum absolute atomic E-state index is 4.24. The monoisotopic (exact) mass is 1830 g/mol. The molecule has 0 saturated carbocycles. The summed E-state index contributed by atoms with van der Waals surface area (Å²) in [6.45, 7) is 49.5. The zero-order valence-electron chi connectivity index (χ0n) is 83.0. The first-order valence-electron chi connectivity index (χ1n) is 47.1. The molecular formula is C121H146N10Y-2. The summed E-state index contributed by atoms with van der Waals surface area (Å²) in [4.78, 5) is 32.8. The number of nitrogens with zero attached hydrogens (tertiary/aromatic N) is 10. The molecule has 132 heavy (non-hydrogen) atoms. The van der Waals surface area contributed by atoms with E-state index < -0.39 is 0 Å². The van der Waals surface area contributed by atoms with Crippen LogP contribution < -0.4 is 10.6 Å². The molecule has 1 aliphatic carbocycles. The largest absolute Gasteiger partial charge is 0.341 e. The van der Waals surface area contributed by atoms with Crippen LogP contribution in [0.2, 0.25) is 0 Å². The third-order valence-electron chi connectivity index (χ3n) is 17.3. The van der Waals surface area contributed by atoms with Gasteiger partial charge < -0.3 is 6.92 Å². The maximum Gasteiger partial charge on any atom is 0.116 e. The number of rotatable bonds is 1. The molecule has 11 heteroatoms. The van der Waals surface area contributed by atoms with Crippen molar-refractivity contribution in [2.75, 3.05) is 6.54 Å². The van der Waals surface area contributed by atoms with Gasteiger partial charge in [-0.25, -0.2) is 9.97 Å². The second-order valence-corrected chi connectivity index (χ2v) is 24.7. The van der Waals surface area contributed by atoms with Crippen molar-refractivity contribution in [2.24, 2.45) is 9.98 Å². The summed E-state index contributed by atoms with van der Waals surface area (Å²) in [5.74, 6) is 0. The SMILES string of the molecule is C1=Cc2ccccc2C1.C1=NCc2ccccc21.C1=c2ccccc2=NC1.CC.CC.CC.CC.CC.CC.CC.CC.CC.CC.CC.[CH2-]Cc1[c-]cccc1.[Y].c1ccc2cc3ccccc3cc2c1.c1ccc2ccccc2c1.c1ccc2cnccc2c1.c1ccc2ncccc2c1.c1ccc2nccnc2c1.c1ccc2ncncc2c1.c1ccc2nnccc2c1. The second-order valence-electron chi connectivity index (χ2n) is 24.7. The van der Waals surface area contributed by atoms with Crippen molar-refractivity contribution in [1.29, 1.82) is 0 Å². The van der Waals surface area contributed by atoms with Crippen molar-refractivity contribution in [2.45, 2.75) is 172 Å². The summed E-state index contributed by atoms with van der Waals surface area (Å²) in [6.07, 6.45) is 24.3. The number of para-hydroxylation sites is 5. The Kier molecular flexibility index (Phi) is 73.1. The number of fused-ring (bicyclic) bond motifs is 11. The second kappa shape index (κ2) is 81.1. The maximum atomic E-state index is 4.24. The van der Waals surface area contributed by atoms with E-state index in [2.05, 4.69) is 257 Å². The van der Waals surface area contributed by atoms with Gasteiger partial charge in [-0.05, 0) is 144 Å². The number of aliphatic imine (C=N–C) groups is 1. The Bertz CT molecular complexity index is 5080. The van der Waals surface area contributed by atoms with E-state index in [9.17, 15) is 0 Å². The van der Waals surface area contributed by atoms with Gasteiger partial charge in [0, 0.05) is 92.3 Å². The van der Waals surface area contributed by atoms with E-state index in [4.69, 9.17) is 0 Å². The van der Waals surface area contributed by atoms with Crippen LogP contribution >= 0.6 is 0 Å². The van der Waals surface area contributed by atoms with Crippen molar-refractivity contribution in [3.63, 3.8) is 0 Å². The standard InChI is InChI=1S/C14H10.C10H8.2C9H7N.C9H8.3C8H6N2.2C8H7N.C8H8.11C2H6.Y/c1-2-6-12-10-14-8-4-3-7-13(14)9-11(12)5-1;1-2-6-10-8-4-3-7-9(10)5-1;1-2-6-9-8(4-1)5-3-7-10-9;1-2-4-9-7-10-6-5-8(9)3-1;1-2-5-9-7-3-6-8(9)4-1;1-2-4-8-7(3-1)5-9-6-10-8;1-2-4-8-7(3-1)9-5-6-10-8;1-2-4-8-7(3-1)5-6-9-10-8;1-2-4-8-6-9-5-7(8)3-1;1-2-4-8-7(3-1)5-6-9-8;1-2-8-6-4-3-5-7-8;11*1-2;/h1-10H;1-8H;2*1-7H;1-6H,7H2;3*1-6H;2*1-5H,6H2;3-6H,1-2H2;11*1-2H3;/q;;;;;;;;;;-2;;;;;;;;;;;;. The molecule has 0 spiro atoms. The Hall–Kier alpha value is -13.1. The number of pyridine rings is 2. The fraction of sp³-hybridized carbons (Fsp3) is 0.215. The molecule has 22 rings (SSSR count). The van der Waals surface area contributed by atoms with Crippen LogP contribution in [0.15, 0.2) is 418 Å².